The molecule has 66 valence electrons. The van der Waals surface area contributed by atoms with E-state index in [2.05, 4.69) is 9.97 Å². The number of aromatic nitrogens is 2. The lowest BCUT2D eigenvalue weighted by Gasteiger charge is -2.13. The normalized spacial score (nSPS) is 15.9. The van der Waals surface area contributed by atoms with E-state index in [1.54, 1.807) is 14.1 Å². The lowest BCUT2D eigenvalue weighted by molar-refractivity contribution is 0.588. The van der Waals surface area contributed by atoms with Gasteiger partial charge in [-0.2, -0.15) is 0 Å². The number of hydrogen-bond acceptors (Lipinski definition) is 4. The number of rotatable bonds is 2. The van der Waals surface area contributed by atoms with Crippen molar-refractivity contribution in [2.45, 2.75) is 4.90 Å². The summed E-state index contributed by atoms with van der Waals surface area (Å²) in [4.78, 5) is 7.72. The first kappa shape index (κ1) is 9.08. The molecule has 1 heterocycles. The maximum absolute atomic E-state index is 11.6. The molecule has 0 amide bonds. The molecule has 1 aromatic heterocycles. The van der Waals surface area contributed by atoms with E-state index in [9.17, 15) is 4.21 Å². The van der Waals surface area contributed by atoms with Crippen molar-refractivity contribution >= 4 is 9.92 Å². The van der Waals surface area contributed by atoms with Crippen LogP contribution < -0.4 is 0 Å². The molecule has 12 heavy (non-hydrogen) atoms. The van der Waals surface area contributed by atoms with Gasteiger partial charge in [0.05, 0.1) is 4.90 Å². The van der Waals surface area contributed by atoms with Gasteiger partial charge < -0.3 is 0 Å². The van der Waals surface area contributed by atoms with E-state index in [0.29, 0.717) is 4.90 Å². The van der Waals surface area contributed by atoms with Gasteiger partial charge in [-0.1, -0.05) is 0 Å². The highest BCUT2D eigenvalue weighted by molar-refractivity contribution is 7.90. The molecule has 1 aromatic rings. The van der Waals surface area contributed by atoms with Crippen LogP contribution in [0.15, 0.2) is 23.6 Å². The molecule has 0 saturated heterocycles. The average Bonchev–Trinajstić information content (AvgIpc) is 2.06. The van der Waals surface area contributed by atoms with Gasteiger partial charge in [0.25, 0.3) is 0 Å². The second-order valence-electron chi connectivity index (χ2n) is 2.41. The van der Waals surface area contributed by atoms with Gasteiger partial charge in [0.15, 0.2) is 0 Å². The maximum Gasteiger partial charge on any atom is 0.139 e. The number of nitrogens with one attached hydrogen (secondary N) is 1. The van der Waals surface area contributed by atoms with Crippen LogP contribution in [0.5, 0.6) is 0 Å². The third kappa shape index (κ3) is 1.59. The quantitative estimate of drug-likeness (QED) is 0.725. The van der Waals surface area contributed by atoms with E-state index in [4.69, 9.17) is 4.78 Å². The summed E-state index contributed by atoms with van der Waals surface area (Å²) < 4.78 is 20.4. The third-order valence-corrected chi connectivity index (χ3v) is 3.25. The standard InChI is InChI=1S/C6H10N4OS/c1-10(2)12(7,11)6-3-8-5-9-4-6/h3-5,7H,1-2H3. The van der Waals surface area contributed by atoms with Crippen LogP contribution in [-0.4, -0.2) is 32.6 Å². The lowest BCUT2D eigenvalue weighted by atomic mass is 10.7. The van der Waals surface area contributed by atoms with Crippen molar-refractivity contribution in [3.63, 3.8) is 0 Å². The van der Waals surface area contributed by atoms with Crippen molar-refractivity contribution in [2.24, 2.45) is 0 Å². The summed E-state index contributed by atoms with van der Waals surface area (Å²) in [6.45, 7) is 0. The van der Waals surface area contributed by atoms with Gasteiger partial charge in [0, 0.05) is 26.5 Å². The van der Waals surface area contributed by atoms with E-state index in [1.165, 1.54) is 23.0 Å². The van der Waals surface area contributed by atoms with Crippen LogP contribution in [0, 0.1) is 4.78 Å². The minimum atomic E-state index is -2.87. The number of hydrogen-bond donors (Lipinski definition) is 1. The van der Waals surface area contributed by atoms with Gasteiger partial charge in [-0.15, -0.1) is 0 Å². The van der Waals surface area contributed by atoms with Crippen LogP contribution in [0.4, 0.5) is 0 Å². The molecule has 1 N–H and O–H groups in total. The molecule has 1 rings (SSSR count). The summed E-state index contributed by atoms with van der Waals surface area (Å²) in [5.74, 6) is 0. The van der Waals surface area contributed by atoms with E-state index < -0.39 is 9.92 Å². The summed E-state index contributed by atoms with van der Waals surface area (Å²) in [7, 11) is 0.303. The molecule has 0 aromatic carbocycles. The highest BCUT2D eigenvalue weighted by Crippen LogP contribution is 2.09. The molecule has 1 unspecified atom stereocenters. The zero-order valence-electron chi connectivity index (χ0n) is 6.89. The molecule has 6 heteroatoms. The largest absolute Gasteiger partial charge is 0.243 e. The molecule has 0 aliphatic carbocycles. The fourth-order valence-electron chi connectivity index (χ4n) is 0.639. The minimum absolute atomic E-state index is 0.329. The second kappa shape index (κ2) is 3.16. The molecule has 5 nitrogen and oxygen atoms in total. The lowest BCUT2D eigenvalue weighted by Crippen LogP contribution is -2.21. The fourth-order valence-corrected chi connectivity index (χ4v) is 1.47. The van der Waals surface area contributed by atoms with Gasteiger partial charge in [0.2, 0.25) is 0 Å². The summed E-state index contributed by atoms with van der Waals surface area (Å²) in [5, 5.41) is 0. The van der Waals surface area contributed by atoms with Crippen LogP contribution >= 0.6 is 0 Å². The predicted octanol–water partition coefficient (Wildman–Crippen LogP) is 0.359. The predicted molar refractivity (Wildman–Crippen MR) is 44.8 cm³/mol. The van der Waals surface area contributed by atoms with Gasteiger partial charge in [0.1, 0.15) is 16.2 Å². The fraction of sp³-hybridized carbons (Fsp3) is 0.333. The Morgan fingerprint density at radius 1 is 1.42 bits per heavy atom. The Hall–Kier alpha value is -1.01. The summed E-state index contributed by atoms with van der Waals surface area (Å²) in [6.07, 6.45) is 4.12. The van der Waals surface area contributed by atoms with Crippen molar-refractivity contribution in [3.8, 4) is 0 Å². The van der Waals surface area contributed by atoms with Crippen LogP contribution in [-0.2, 0) is 9.92 Å². The van der Waals surface area contributed by atoms with E-state index in [0.717, 1.165) is 0 Å². The van der Waals surface area contributed by atoms with Gasteiger partial charge in [-0.3, -0.25) is 0 Å². The van der Waals surface area contributed by atoms with Crippen LogP contribution in [0.3, 0.4) is 0 Å². The first-order chi connectivity index (χ1) is 5.55. The summed E-state index contributed by atoms with van der Waals surface area (Å²) in [5.41, 5.74) is 0. The Bertz CT molecular complexity index is 345. The Morgan fingerprint density at radius 3 is 2.33 bits per heavy atom. The van der Waals surface area contributed by atoms with Crippen molar-refractivity contribution in [1.82, 2.24) is 14.3 Å². The molecule has 0 spiro atoms. The van der Waals surface area contributed by atoms with Crippen molar-refractivity contribution in [3.05, 3.63) is 18.7 Å². The van der Waals surface area contributed by atoms with Crippen LogP contribution in [0.2, 0.25) is 0 Å². The molecular formula is C6H10N4OS. The van der Waals surface area contributed by atoms with E-state index in [1.807, 2.05) is 0 Å². The highest BCUT2D eigenvalue weighted by Gasteiger charge is 2.12. The Kier molecular flexibility index (Phi) is 2.39. The van der Waals surface area contributed by atoms with Gasteiger partial charge >= 0.3 is 0 Å². The smallest absolute Gasteiger partial charge is 0.139 e. The van der Waals surface area contributed by atoms with E-state index >= 15 is 0 Å². The third-order valence-electron chi connectivity index (χ3n) is 1.37. The molecule has 0 aliphatic heterocycles. The van der Waals surface area contributed by atoms with Crippen LogP contribution in [0.1, 0.15) is 0 Å². The van der Waals surface area contributed by atoms with Crippen molar-refractivity contribution in [2.75, 3.05) is 14.1 Å². The first-order valence-electron chi connectivity index (χ1n) is 3.26. The number of nitrogens with zero attached hydrogens (tertiary/aromatic N) is 3. The summed E-state index contributed by atoms with van der Waals surface area (Å²) >= 11 is 0. The second-order valence-corrected chi connectivity index (χ2v) is 4.67. The Morgan fingerprint density at radius 2 is 1.92 bits per heavy atom. The Labute approximate surface area is 71.6 Å². The molecule has 0 fully saturated rings. The molecule has 0 saturated carbocycles. The van der Waals surface area contributed by atoms with Gasteiger partial charge in [-0.25, -0.2) is 23.3 Å². The zero-order valence-corrected chi connectivity index (χ0v) is 7.71. The average molecular weight is 186 g/mol. The SMILES string of the molecule is CN(C)S(=N)(=O)c1cncnc1. The van der Waals surface area contributed by atoms with Gasteiger partial charge in [-0.05, 0) is 0 Å². The monoisotopic (exact) mass is 186 g/mol. The van der Waals surface area contributed by atoms with Crippen LogP contribution in [0.25, 0.3) is 0 Å². The van der Waals surface area contributed by atoms with E-state index in [-0.39, 0.29) is 0 Å². The summed E-state index contributed by atoms with van der Waals surface area (Å²) in [6, 6.07) is 0. The maximum atomic E-state index is 11.6. The highest BCUT2D eigenvalue weighted by atomic mass is 32.2. The Balaban J connectivity index is 3.17. The zero-order chi connectivity index (χ0) is 9.19. The van der Waals surface area contributed by atoms with Crippen molar-refractivity contribution in [1.29, 1.82) is 4.78 Å². The molecule has 0 bridgehead atoms. The molecule has 0 radical (unpaired) electrons. The minimum Gasteiger partial charge on any atom is -0.243 e. The molecule has 1 atom stereocenters. The molecule has 0 aliphatic rings. The first-order valence-corrected chi connectivity index (χ1v) is 4.78. The molecular weight excluding hydrogens is 176 g/mol. The van der Waals surface area contributed by atoms with Crippen molar-refractivity contribution < 1.29 is 4.21 Å². The topological polar surface area (TPSA) is 69.9 Å².